The van der Waals surface area contributed by atoms with Crippen LogP contribution in [0.15, 0.2) is 79.0 Å². The third kappa shape index (κ3) is 4.75. The van der Waals surface area contributed by atoms with E-state index in [1.807, 2.05) is 56.3 Å². The molecule has 0 saturated heterocycles. The first kappa shape index (κ1) is 22.1. The molecule has 1 heterocycles. The number of Topliss-reactive ketones (excluding diaryl/α,β-unsaturated/α-hetero) is 1. The zero-order valence-electron chi connectivity index (χ0n) is 18.5. The molecule has 1 atom stereocenters. The highest BCUT2D eigenvalue weighted by Gasteiger charge is 2.29. The lowest BCUT2D eigenvalue weighted by molar-refractivity contribution is 0.0280. The van der Waals surface area contributed by atoms with Gasteiger partial charge in [-0.2, -0.15) is 0 Å². The van der Waals surface area contributed by atoms with Crippen LogP contribution in [0.3, 0.4) is 0 Å². The average molecular weight is 443 g/mol. The van der Waals surface area contributed by atoms with Crippen molar-refractivity contribution in [3.63, 3.8) is 0 Å². The van der Waals surface area contributed by atoms with Crippen molar-refractivity contribution in [1.82, 2.24) is 4.98 Å². The molecule has 0 aliphatic rings. The number of rotatable bonds is 9. The van der Waals surface area contributed by atoms with E-state index in [2.05, 4.69) is 4.98 Å². The molecule has 6 nitrogen and oxygen atoms in total. The topological polar surface area (TPSA) is 77.6 Å². The largest absolute Gasteiger partial charge is 0.490 e. The number of nitrogens with one attached hydrogen (secondary N) is 1. The number of aromatic amines is 1. The molecule has 1 N–H and O–H groups in total. The van der Waals surface area contributed by atoms with Crippen LogP contribution < -0.4 is 9.47 Å². The first-order chi connectivity index (χ1) is 16.1. The maximum absolute atomic E-state index is 13.6. The monoisotopic (exact) mass is 443 g/mol. The van der Waals surface area contributed by atoms with E-state index in [4.69, 9.17) is 14.2 Å². The predicted octanol–water partition coefficient (Wildman–Crippen LogP) is 5.75. The molecular weight excluding hydrogens is 418 g/mol. The molecule has 0 radical (unpaired) electrons. The quantitative estimate of drug-likeness (QED) is 0.263. The Labute approximate surface area is 192 Å². The summed E-state index contributed by atoms with van der Waals surface area (Å²) in [6.07, 6.45) is 0.556. The molecule has 6 heteroatoms. The minimum Gasteiger partial charge on any atom is -0.490 e. The zero-order valence-corrected chi connectivity index (χ0v) is 18.5. The van der Waals surface area contributed by atoms with E-state index in [1.54, 1.807) is 36.5 Å². The van der Waals surface area contributed by atoms with Gasteiger partial charge in [0.15, 0.2) is 17.6 Å². The number of hydrogen-bond acceptors (Lipinski definition) is 5. The number of hydrogen-bond donors (Lipinski definition) is 1. The molecule has 0 amide bonds. The van der Waals surface area contributed by atoms with E-state index in [0.29, 0.717) is 35.8 Å². The fourth-order valence-electron chi connectivity index (χ4n) is 3.67. The van der Waals surface area contributed by atoms with Gasteiger partial charge in [0, 0.05) is 28.2 Å². The van der Waals surface area contributed by atoms with Crippen LogP contribution in [-0.4, -0.2) is 30.0 Å². The minimum atomic E-state index is -1.10. The van der Waals surface area contributed by atoms with Gasteiger partial charge in [0.25, 0.3) is 0 Å². The standard InChI is InChI=1S/C27H25NO5/c1-3-31-23-15-14-19(16-24(23)32-4-2)27(30)33-26(18-10-6-5-7-11-18)25(29)21-17-28-22-13-9-8-12-20(21)22/h5-17,26,28H,3-4H2,1-2H3. The SMILES string of the molecule is CCOc1ccc(C(=O)OC(C(=O)c2c[nH]c3ccccc23)c2ccccc2)cc1OCC. The number of benzene rings is 3. The Kier molecular flexibility index (Phi) is 6.74. The Hall–Kier alpha value is -4.06. The van der Waals surface area contributed by atoms with Crippen LogP contribution in [0.5, 0.6) is 11.5 Å². The molecule has 168 valence electrons. The molecule has 4 rings (SSSR count). The summed E-state index contributed by atoms with van der Waals surface area (Å²) in [6, 6.07) is 21.4. The molecule has 1 aromatic heterocycles. The Balaban J connectivity index is 1.67. The van der Waals surface area contributed by atoms with Crippen molar-refractivity contribution in [3.05, 3.63) is 95.7 Å². The molecule has 1 unspecified atom stereocenters. The van der Waals surface area contributed by atoms with Crippen molar-refractivity contribution in [2.75, 3.05) is 13.2 Å². The highest BCUT2D eigenvalue weighted by atomic mass is 16.5. The third-order valence-corrected chi connectivity index (χ3v) is 5.20. The van der Waals surface area contributed by atoms with Gasteiger partial charge in [-0.1, -0.05) is 48.5 Å². The van der Waals surface area contributed by atoms with E-state index >= 15 is 0 Å². The number of para-hydroxylation sites is 1. The lowest BCUT2D eigenvalue weighted by Crippen LogP contribution is -2.20. The fraction of sp³-hybridized carbons (Fsp3) is 0.185. The van der Waals surface area contributed by atoms with Crippen molar-refractivity contribution in [2.45, 2.75) is 20.0 Å². The van der Waals surface area contributed by atoms with Gasteiger partial charge in [0.1, 0.15) is 0 Å². The van der Waals surface area contributed by atoms with Crippen LogP contribution in [0.1, 0.15) is 46.2 Å². The van der Waals surface area contributed by atoms with Crippen LogP contribution in [0.25, 0.3) is 10.9 Å². The van der Waals surface area contributed by atoms with Gasteiger partial charge in [0.05, 0.1) is 18.8 Å². The molecule has 0 saturated carbocycles. The number of carbonyl (C=O) groups is 2. The van der Waals surface area contributed by atoms with E-state index in [0.717, 1.165) is 10.9 Å². The van der Waals surface area contributed by atoms with Crippen molar-refractivity contribution in [1.29, 1.82) is 0 Å². The summed E-state index contributed by atoms with van der Waals surface area (Å²) in [6.45, 7) is 4.62. The van der Waals surface area contributed by atoms with E-state index in [-0.39, 0.29) is 11.3 Å². The molecule has 0 fully saturated rings. The summed E-state index contributed by atoms with van der Waals surface area (Å²) in [5.41, 5.74) is 2.17. The molecule has 33 heavy (non-hydrogen) atoms. The summed E-state index contributed by atoms with van der Waals surface area (Å²) < 4.78 is 17.0. The average Bonchev–Trinajstić information content (AvgIpc) is 3.28. The first-order valence-corrected chi connectivity index (χ1v) is 10.9. The lowest BCUT2D eigenvalue weighted by atomic mass is 9.99. The number of fused-ring (bicyclic) bond motifs is 1. The van der Waals surface area contributed by atoms with E-state index in [9.17, 15) is 9.59 Å². The Bertz CT molecular complexity index is 1260. The smallest absolute Gasteiger partial charge is 0.339 e. The first-order valence-electron chi connectivity index (χ1n) is 10.9. The van der Waals surface area contributed by atoms with Crippen LogP contribution in [0.4, 0.5) is 0 Å². The van der Waals surface area contributed by atoms with E-state index < -0.39 is 12.1 Å². The van der Waals surface area contributed by atoms with Crippen LogP contribution in [0, 0.1) is 0 Å². The zero-order chi connectivity index (χ0) is 23.2. The number of esters is 1. The minimum absolute atomic E-state index is 0.273. The maximum atomic E-state index is 13.6. The van der Waals surface area contributed by atoms with Gasteiger partial charge >= 0.3 is 5.97 Å². The van der Waals surface area contributed by atoms with Gasteiger partial charge < -0.3 is 19.2 Å². The van der Waals surface area contributed by atoms with Crippen molar-refractivity contribution >= 4 is 22.7 Å². The number of H-pyrrole nitrogens is 1. The fourth-order valence-corrected chi connectivity index (χ4v) is 3.67. The molecular formula is C27H25NO5. The Morgan fingerprint density at radius 1 is 0.848 bits per heavy atom. The van der Waals surface area contributed by atoms with Gasteiger partial charge in [-0.3, -0.25) is 4.79 Å². The lowest BCUT2D eigenvalue weighted by Gasteiger charge is -2.18. The second-order valence-electron chi connectivity index (χ2n) is 7.34. The number of ether oxygens (including phenoxy) is 3. The number of ketones is 1. The molecule has 0 bridgehead atoms. The summed E-state index contributed by atoms with van der Waals surface area (Å²) >= 11 is 0. The van der Waals surface area contributed by atoms with Crippen LogP contribution >= 0.6 is 0 Å². The highest BCUT2D eigenvalue weighted by molar-refractivity contribution is 6.11. The summed E-state index contributed by atoms with van der Waals surface area (Å²) in [5.74, 6) is 0.0717. The summed E-state index contributed by atoms with van der Waals surface area (Å²) in [4.78, 5) is 29.8. The number of carbonyl (C=O) groups excluding carboxylic acids is 2. The maximum Gasteiger partial charge on any atom is 0.339 e. The second-order valence-corrected chi connectivity index (χ2v) is 7.34. The molecule has 3 aromatic carbocycles. The van der Waals surface area contributed by atoms with Gasteiger partial charge in [-0.05, 0) is 38.1 Å². The Morgan fingerprint density at radius 3 is 2.30 bits per heavy atom. The molecule has 0 aliphatic heterocycles. The van der Waals surface area contributed by atoms with E-state index in [1.165, 1.54) is 0 Å². The van der Waals surface area contributed by atoms with Gasteiger partial charge in [-0.25, -0.2) is 4.79 Å². The molecule has 4 aromatic rings. The summed E-state index contributed by atoms with van der Waals surface area (Å²) in [5, 5.41) is 0.777. The van der Waals surface area contributed by atoms with Crippen LogP contribution in [0.2, 0.25) is 0 Å². The highest BCUT2D eigenvalue weighted by Crippen LogP contribution is 2.31. The van der Waals surface area contributed by atoms with Gasteiger partial charge in [-0.15, -0.1) is 0 Å². The third-order valence-electron chi connectivity index (χ3n) is 5.20. The van der Waals surface area contributed by atoms with Crippen molar-refractivity contribution in [3.8, 4) is 11.5 Å². The predicted molar refractivity (Wildman–Crippen MR) is 126 cm³/mol. The molecule has 0 spiro atoms. The normalized spacial score (nSPS) is 11.7. The molecule has 0 aliphatic carbocycles. The van der Waals surface area contributed by atoms with Crippen molar-refractivity contribution < 1.29 is 23.8 Å². The second kappa shape index (κ2) is 10.0. The van der Waals surface area contributed by atoms with Crippen LogP contribution in [-0.2, 0) is 4.74 Å². The Morgan fingerprint density at radius 2 is 1.55 bits per heavy atom. The summed E-state index contributed by atoms with van der Waals surface area (Å²) in [7, 11) is 0. The van der Waals surface area contributed by atoms with Crippen molar-refractivity contribution in [2.24, 2.45) is 0 Å². The number of aromatic nitrogens is 1. The van der Waals surface area contributed by atoms with Gasteiger partial charge in [0.2, 0.25) is 5.78 Å².